The van der Waals surface area contributed by atoms with Gasteiger partial charge in [0.15, 0.2) is 0 Å². The molecule has 0 atom stereocenters. The third kappa shape index (κ3) is 3.67. The minimum absolute atomic E-state index is 0.105. The third-order valence-electron chi connectivity index (χ3n) is 3.96. The molecule has 0 spiro atoms. The van der Waals surface area contributed by atoms with Gasteiger partial charge in [-0.25, -0.2) is 4.79 Å². The van der Waals surface area contributed by atoms with E-state index in [0.29, 0.717) is 19.6 Å². The van der Waals surface area contributed by atoms with Gasteiger partial charge in [-0.15, -0.1) is 0 Å². The highest BCUT2D eigenvalue weighted by Gasteiger charge is 2.42. The van der Waals surface area contributed by atoms with E-state index in [1.54, 1.807) is 4.90 Å². The number of carbonyl (C=O) groups excluding carboxylic acids is 2. The average molecular weight is 297 g/mol. The van der Waals surface area contributed by atoms with Gasteiger partial charge in [0, 0.05) is 32.7 Å². The van der Waals surface area contributed by atoms with Crippen LogP contribution in [0.2, 0.25) is 0 Å². The summed E-state index contributed by atoms with van der Waals surface area (Å²) in [5.74, 6) is 0.305. The van der Waals surface area contributed by atoms with Crippen molar-refractivity contribution in [2.24, 2.45) is 5.92 Å². The molecule has 2 aliphatic rings. The number of hydrogen-bond acceptors (Lipinski definition) is 4. The SMILES string of the molecule is CC(C)(C)OC(=O)N1CCN(C(=O)C2CNC2)CC1(C)C. The molecule has 0 bridgehead atoms. The molecule has 2 fully saturated rings. The van der Waals surface area contributed by atoms with Crippen molar-refractivity contribution in [1.82, 2.24) is 15.1 Å². The number of ether oxygens (including phenoxy) is 1. The fourth-order valence-electron chi connectivity index (χ4n) is 2.72. The maximum atomic E-state index is 12.3. The second-order valence-electron chi connectivity index (χ2n) is 7.56. The maximum absolute atomic E-state index is 12.3. The van der Waals surface area contributed by atoms with Crippen LogP contribution in [0.25, 0.3) is 0 Å². The molecule has 0 aromatic heterocycles. The molecule has 6 nitrogen and oxygen atoms in total. The summed E-state index contributed by atoms with van der Waals surface area (Å²) in [5, 5.41) is 3.12. The van der Waals surface area contributed by atoms with E-state index < -0.39 is 11.1 Å². The Balaban J connectivity index is 1.99. The van der Waals surface area contributed by atoms with Crippen LogP contribution in [0.5, 0.6) is 0 Å². The smallest absolute Gasteiger partial charge is 0.410 e. The Morgan fingerprint density at radius 1 is 1.19 bits per heavy atom. The highest BCUT2D eigenvalue weighted by atomic mass is 16.6. The Bertz CT molecular complexity index is 424. The van der Waals surface area contributed by atoms with Crippen LogP contribution in [0.15, 0.2) is 0 Å². The lowest BCUT2D eigenvalue weighted by Crippen LogP contribution is -2.64. The molecule has 0 aromatic carbocycles. The Labute approximate surface area is 126 Å². The Hall–Kier alpha value is -1.30. The molecule has 2 heterocycles. The summed E-state index contributed by atoms with van der Waals surface area (Å²) in [5.41, 5.74) is -0.912. The minimum atomic E-state index is -0.502. The quantitative estimate of drug-likeness (QED) is 0.786. The number of piperazine rings is 1. The molecule has 2 amide bonds. The van der Waals surface area contributed by atoms with Crippen molar-refractivity contribution in [1.29, 1.82) is 0 Å². The van der Waals surface area contributed by atoms with Crippen LogP contribution in [0.1, 0.15) is 34.6 Å². The average Bonchev–Trinajstić information content (AvgIpc) is 2.22. The molecule has 0 aromatic rings. The van der Waals surface area contributed by atoms with Crippen molar-refractivity contribution < 1.29 is 14.3 Å². The van der Waals surface area contributed by atoms with Crippen LogP contribution >= 0.6 is 0 Å². The predicted molar refractivity (Wildman–Crippen MR) is 80.0 cm³/mol. The van der Waals surface area contributed by atoms with Gasteiger partial charge in [0.05, 0.1) is 11.5 Å². The summed E-state index contributed by atoms with van der Waals surface area (Å²) < 4.78 is 5.46. The summed E-state index contributed by atoms with van der Waals surface area (Å²) in [6, 6.07) is 0. The van der Waals surface area contributed by atoms with Crippen molar-refractivity contribution in [2.45, 2.75) is 45.8 Å². The first-order chi connectivity index (χ1) is 9.60. The maximum Gasteiger partial charge on any atom is 0.410 e. The van der Waals surface area contributed by atoms with Crippen LogP contribution < -0.4 is 5.32 Å². The highest BCUT2D eigenvalue weighted by molar-refractivity contribution is 5.81. The Kier molecular flexibility index (Phi) is 4.19. The van der Waals surface area contributed by atoms with E-state index in [4.69, 9.17) is 4.74 Å². The van der Waals surface area contributed by atoms with Crippen molar-refractivity contribution in [2.75, 3.05) is 32.7 Å². The van der Waals surface area contributed by atoms with Gasteiger partial charge < -0.3 is 15.0 Å². The van der Waals surface area contributed by atoms with E-state index in [9.17, 15) is 9.59 Å². The zero-order chi connectivity index (χ0) is 15.8. The second kappa shape index (κ2) is 5.48. The molecule has 0 aliphatic carbocycles. The van der Waals surface area contributed by atoms with Crippen molar-refractivity contribution in [3.63, 3.8) is 0 Å². The number of nitrogens with zero attached hydrogens (tertiary/aromatic N) is 2. The molecule has 2 rings (SSSR count). The minimum Gasteiger partial charge on any atom is -0.444 e. The van der Waals surface area contributed by atoms with E-state index in [1.807, 2.05) is 39.5 Å². The van der Waals surface area contributed by atoms with Gasteiger partial charge >= 0.3 is 6.09 Å². The summed E-state index contributed by atoms with van der Waals surface area (Å²) in [6.45, 7) is 12.7. The van der Waals surface area contributed by atoms with Crippen LogP contribution in [0.3, 0.4) is 0 Å². The Morgan fingerprint density at radius 2 is 1.81 bits per heavy atom. The first kappa shape index (κ1) is 16.1. The van der Waals surface area contributed by atoms with E-state index in [2.05, 4.69) is 5.32 Å². The van der Waals surface area contributed by atoms with E-state index >= 15 is 0 Å². The van der Waals surface area contributed by atoms with Gasteiger partial charge in [-0.1, -0.05) is 0 Å². The fraction of sp³-hybridized carbons (Fsp3) is 0.867. The highest BCUT2D eigenvalue weighted by Crippen LogP contribution is 2.25. The lowest BCUT2D eigenvalue weighted by atomic mass is 9.96. The number of carbonyl (C=O) groups is 2. The lowest BCUT2D eigenvalue weighted by molar-refractivity contribution is -0.142. The van der Waals surface area contributed by atoms with Crippen LogP contribution in [0, 0.1) is 5.92 Å². The van der Waals surface area contributed by atoms with E-state index in [-0.39, 0.29) is 17.9 Å². The molecule has 120 valence electrons. The van der Waals surface area contributed by atoms with Gasteiger partial charge in [0.25, 0.3) is 0 Å². The van der Waals surface area contributed by atoms with E-state index in [1.165, 1.54) is 0 Å². The molecule has 0 radical (unpaired) electrons. The number of rotatable bonds is 1. The molecule has 1 N–H and O–H groups in total. The standard InChI is InChI=1S/C15H27N3O3/c1-14(2,3)21-13(20)18-7-6-17(10-15(18,4)5)12(19)11-8-16-9-11/h11,16H,6-10H2,1-5H3. The molecular formula is C15H27N3O3. The van der Waals surface area contributed by atoms with Gasteiger partial charge in [-0.05, 0) is 34.6 Å². The van der Waals surface area contributed by atoms with Gasteiger partial charge in [0.2, 0.25) is 5.91 Å². The molecule has 0 unspecified atom stereocenters. The number of amides is 2. The zero-order valence-electron chi connectivity index (χ0n) is 13.7. The Morgan fingerprint density at radius 3 is 2.24 bits per heavy atom. The molecule has 2 saturated heterocycles. The van der Waals surface area contributed by atoms with Gasteiger partial charge in [-0.2, -0.15) is 0 Å². The van der Waals surface area contributed by atoms with Gasteiger partial charge in [0.1, 0.15) is 5.60 Å². The van der Waals surface area contributed by atoms with Crippen molar-refractivity contribution >= 4 is 12.0 Å². The second-order valence-corrected chi connectivity index (χ2v) is 7.56. The molecule has 6 heteroatoms. The number of hydrogen-bond donors (Lipinski definition) is 1. The fourth-order valence-corrected chi connectivity index (χ4v) is 2.72. The van der Waals surface area contributed by atoms with E-state index in [0.717, 1.165) is 13.1 Å². The topological polar surface area (TPSA) is 61.9 Å². The van der Waals surface area contributed by atoms with Gasteiger partial charge in [-0.3, -0.25) is 9.69 Å². The monoisotopic (exact) mass is 297 g/mol. The molecular weight excluding hydrogens is 270 g/mol. The summed E-state index contributed by atoms with van der Waals surface area (Å²) in [4.78, 5) is 28.2. The van der Waals surface area contributed by atoms with Crippen molar-refractivity contribution in [3.8, 4) is 0 Å². The summed E-state index contributed by atoms with van der Waals surface area (Å²) >= 11 is 0. The van der Waals surface area contributed by atoms with Crippen LogP contribution in [0.4, 0.5) is 4.79 Å². The molecule has 0 saturated carbocycles. The predicted octanol–water partition coefficient (Wildman–Crippen LogP) is 1.06. The summed E-state index contributed by atoms with van der Waals surface area (Å²) in [6.07, 6.45) is -0.301. The number of nitrogens with one attached hydrogen (secondary N) is 1. The van der Waals surface area contributed by atoms with Crippen LogP contribution in [-0.2, 0) is 9.53 Å². The first-order valence-corrected chi connectivity index (χ1v) is 7.60. The van der Waals surface area contributed by atoms with Crippen LogP contribution in [-0.4, -0.2) is 65.7 Å². The molecule has 2 aliphatic heterocycles. The normalized spacial score (nSPS) is 22.7. The molecule has 21 heavy (non-hydrogen) atoms. The first-order valence-electron chi connectivity index (χ1n) is 7.60. The zero-order valence-corrected chi connectivity index (χ0v) is 13.7. The summed E-state index contributed by atoms with van der Waals surface area (Å²) in [7, 11) is 0. The largest absolute Gasteiger partial charge is 0.444 e. The lowest BCUT2D eigenvalue weighted by Gasteiger charge is -2.48. The van der Waals surface area contributed by atoms with Crippen molar-refractivity contribution in [3.05, 3.63) is 0 Å². The third-order valence-corrected chi connectivity index (χ3v) is 3.96.